The molecule has 51 heavy (non-hydrogen) atoms. The second-order valence-corrected chi connectivity index (χ2v) is 16.0. The monoisotopic (exact) mass is 738 g/mol. The zero-order valence-electron chi connectivity index (χ0n) is 27.6. The molecule has 2 N–H and O–H groups in total. The summed E-state index contributed by atoms with van der Waals surface area (Å²) in [6.07, 6.45) is -3.02. The molecule has 4 aromatic carbocycles. The smallest absolute Gasteiger partial charge is 0.283 e. The number of thiophene rings is 2. The lowest BCUT2D eigenvalue weighted by Gasteiger charge is -2.34. The van der Waals surface area contributed by atoms with Gasteiger partial charge in [0, 0.05) is 22.8 Å². The fourth-order valence-electron chi connectivity index (χ4n) is 6.22. The van der Waals surface area contributed by atoms with E-state index in [1.165, 1.54) is 8.61 Å². The molecule has 0 amide bonds. The summed E-state index contributed by atoms with van der Waals surface area (Å²) in [6.45, 7) is -0.492. The predicted octanol–water partition coefficient (Wildman–Crippen LogP) is 7.32. The fraction of sp³-hybridized carbons (Fsp3) is 0.200. The Bertz CT molecular complexity index is 1920. The van der Waals surface area contributed by atoms with Crippen LogP contribution in [0.25, 0.3) is 20.9 Å². The highest BCUT2D eigenvalue weighted by molar-refractivity contribution is 7.86. The molecule has 4 atom stereocenters. The highest BCUT2D eigenvalue weighted by Gasteiger charge is 2.51. The van der Waals surface area contributed by atoms with Crippen LogP contribution in [-0.2, 0) is 23.3 Å². The molecule has 1 aliphatic rings. The minimum absolute atomic E-state index is 0.0558. The van der Waals surface area contributed by atoms with Crippen molar-refractivity contribution < 1.29 is 28.1 Å². The molecule has 6 aromatic rings. The van der Waals surface area contributed by atoms with E-state index in [2.05, 4.69) is 0 Å². The molecule has 7 rings (SSSR count). The van der Waals surface area contributed by atoms with Gasteiger partial charge < -0.3 is 19.7 Å². The molecule has 0 bridgehead atoms. The summed E-state index contributed by atoms with van der Waals surface area (Å²) in [6, 6.07) is 39.3. The minimum Gasteiger partial charge on any atom is -0.492 e. The Morgan fingerprint density at radius 3 is 1.27 bits per heavy atom. The van der Waals surface area contributed by atoms with Gasteiger partial charge in [-0.05, 0) is 69.4 Å². The molecular weight excluding hydrogens is 701 g/mol. The zero-order chi connectivity index (χ0) is 35.2. The SMILES string of the molecule is O=S1(=O)N(Cc2ccc(-c3cccs3)cc2)C(COc2ccccc2)C(O)[C@H](O)[C@H](COc2ccccc2)N1Cc1ccc(-c2cccs2)cc1. The van der Waals surface area contributed by atoms with Crippen molar-refractivity contribution in [3.05, 3.63) is 155 Å². The van der Waals surface area contributed by atoms with Crippen LogP contribution in [0, 0.1) is 0 Å². The summed E-state index contributed by atoms with van der Waals surface area (Å²) in [5.41, 5.74) is 3.50. The van der Waals surface area contributed by atoms with Gasteiger partial charge >= 0.3 is 0 Å². The number of ether oxygens (including phenoxy) is 2. The molecule has 2 unspecified atom stereocenters. The van der Waals surface area contributed by atoms with Crippen molar-refractivity contribution in [2.75, 3.05) is 13.2 Å². The summed E-state index contributed by atoms with van der Waals surface area (Å²) >= 11 is 3.26. The first-order valence-corrected chi connectivity index (χ1v) is 19.8. The van der Waals surface area contributed by atoms with Crippen LogP contribution < -0.4 is 9.47 Å². The predicted molar refractivity (Wildman–Crippen MR) is 203 cm³/mol. The number of benzene rings is 4. The maximum Gasteiger partial charge on any atom is 0.283 e. The van der Waals surface area contributed by atoms with Crippen LogP contribution in [0.15, 0.2) is 144 Å². The third kappa shape index (κ3) is 8.10. The van der Waals surface area contributed by atoms with Crippen molar-refractivity contribution in [3.8, 4) is 32.4 Å². The second kappa shape index (κ2) is 15.9. The quantitative estimate of drug-likeness (QED) is 0.137. The van der Waals surface area contributed by atoms with Gasteiger partial charge in [-0.2, -0.15) is 17.0 Å². The maximum absolute atomic E-state index is 15.1. The Kier molecular flexibility index (Phi) is 11.0. The number of rotatable bonds is 12. The van der Waals surface area contributed by atoms with Crippen LogP contribution in [0.2, 0.25) is 0 Å². The first-order chi connectivity index (χ1) is 24.9. The van der Waals surface area contributed by atoms with E-state index in [1.807, 2.05) is 120 Å². The van der Waals surface area contributed by atoms with Gasteiger partial charge in [0.25, 0.3) is 10.2 Å². The highest BCUT2D eigenvalue weighted by Crippen LogP contribution is 2.33. The largest absolute Gasteiger partial charge is 0.492 e. The molecule has 1 fully saturated rings. The molecule has 2 aromatic heterocycles. The molecule has 0 saturated carbocycles. The summed E-state index contributed by atoms with van der Waals surface area (Å²) in [5, 5.41) is 27.9. The van der Waals surface area contributed by atoms with Gasteiger partial charge in [-0.15, -0.1) is 22.7 Å². The van der Waals surface area contributed by atoms with Crippen LogP contribution in [0.5, 0.6) is 11.5 Å². The van der Waals surface area contributed by atoms with Crippen LogP contribution >= 0.6 is 22.7 Å². The molecule has 11 heteroatoms. The average Bonchev–Trinajstić information content (AvgIpc) is 3.90. The van der Waals surface area contributed by atoms with Crippen LogP contribution in [0.4, 0.5) is 0 Å². The Hall–Kier alpha value is -4.33. The van der Waals surface area contributed by atoms with Crippen LogP contribution in [0.1, 0.15) is 11.1 Å². The van der Waals surface area contributed by atoms with Crippen molar-refractivity contribution >= 4 is 32.9 Å². The number of para-hydroxylation sites is 2. The topological polar surface area (TPSA) is 99.5 Å². The zero-order valence-corrected chi connectivity index (χ0v) is 30.1. The van der Waals surface area contributed by atoms with Gasteiger partial charge in [-0.25, -0.2) is 0 Å². The van der Waals surface area contributed by atoms with Crippen molar-refractivity contribution in [2.24, 2.45) is 0 Å². The Morgan fingerprint density at radius 1 is 0.529 bits per heavy atom. The van der Waals surface area contributed by atoms with Gasteiger partial charge in [0.05, 0.1) is 12.1 Å². The molecule has 1 aliphatic heterocycles. The normalized spacial score (nSPS) is 20.8. The Balaban J connectivity index is 1.26. The van der Waals surface area contributed by atoms with Gasteiger partial charge in [0.1, 0.15) is 36.9 Å². The van der Waals surface area contributed by atoms with Crippen LogP contribution in [0.3, 0.4) is 0 Å². The van der Waals surface area contributed by atoms with Gasteiger partial charge in [0.15, 0.2) is 0 Å². The summed E-state index contributed by atoms with van der Waals surface area (Å²) in [7, 11) is -4.39. The lowest BCUT2D eigenvalue weighted by molar-refractivity contribution is -0.0565. The lowest BCUT2D eigenvalue weighted by Crippen LogP contribution is -2.52. The number of aliphatic hydroxyl groups excluding tert-OH is 2. The second-order valence-electron chi connectivity index (χ2n) is 12.3. The molecule has 0 radical (unpaired) electrons. The minimum atomic E-state index is -4.39. The third-order valence-corrected chi connectivity index (χ3v) is 12.8. The summed E-state index contributed by atoms with van der Waals surface area (Å²) in [5.74, 6) is 1.04. The first kappa shape index (κ1) is 35.1. The maximum atomic E-state index is 15.1. The van der Waals surface area contributed by atoms with E-state index >= 15 is 8.42 Å². The van der Waals surface area contributed by atoms with Gasteiger partial charge in [0.2, 0.25) is 0 Å². The number of hydrogen-bond donors (Lipinski definition) is 2. The Morgan fingerprint density at radius 2 is 0.922 bits per heavy atom. The molecule has 3 heterocycles. The molecule has 262 valence electrons. The molecule has 0 spiro atoms. The van der Waals surface area contributed by atoms with E-state index in [9.17, 15) is 10.2 Å². The fourth-order valence-corrected chi connectivity index (χ4v) is 9.64. The lowest BCUT2D eigenvalue weighted by atomic mass is 9.98. The standard InChI is InChI=1S/C40H38N2O6S3/c43-39-35(27-47-33-9-3-1-4-10-33)41(25-29-15-19-31(20-16-29)37-13-7-23-49-37)51(45,46)42(36(40(39)44)28-48-34-11-5-2-6-12-34)26-30-17-21-32(22-18-30)38-14-8-24-50-38/h1-24,35-36,39-40,43-44H,25-28H2/t35-,36?,39+,40?/m0/s1. The van der Waals surface area contributed by atoms with E-state index < -0.39 is 34.5 Å². The first-order valence-electron chi connectivity index (χ1n) is 16.6. The summed E-state index contributed by atoms with van der Waals surface area (Å²) < 4.78 is 44.9. The Labute approximate surface area is 306 Å². The van der Waals surface area contributed by atoms with Crippen LogP contribution in [-0.4, -0.2) is 64.7 Å². The molecule has 8 nitrogen and oxygen atoms in total. The third-order valence-electron chi connectivity index (χ3n) is 8.99. The van der Waals surface area contributed by atoms with Crippen molar-refractivity contribution in [1.29, 1.82) is 0 Å². The van der Waals surface area contributed by atoms with Gasteiger partial charge in [-0.3, -0.25) is 0 Å². The van der Waals surface area contributed by atoms with E-state index in [-0.39, 0.29) is 26.3 Å². The van der Waals surface area contributed by atoms with E-state index in [1.54, 1.807) is 46.9 Å². The van der Waals surface area contributed by atoms with Crippen molar-refractivity contribution in [3.63, 3.8) is 0 Å². The summed E-state index contributed by atoms with van der Waals surface area (Å²) in [4.78, 5) is 2.21. The highest BCUT2D eigenvalue weighted by atomic mass is 32.2. The number of aliphatic hydroxyl groups is 2. The van der Waals surface area contributed by atoms with E-state index in [0.29, 0.717) is 11.5 Å². The van der Waals surface area contributed by atoms with Crippen molar-refractivity contribution in [2.45, 2.75) is 37.4 Å². The van der Waals surface area contributed by atoms with E-state index in [4.69, 9.17) is 9.47 Å². The molecule has 1 saturated heterocycles. The van der Waals surface area contributed by atoms with Gasteiger partial charge in [-0.1, -0.05) is 97.1 Å². The molecule has 0 aliphatic carbocycles. The average molecular weight is 739 g/mol. The number of nitrogens with zero attached hydrogens (tertiary/aromatic N) is 2. The van der Waals surface area contributed by atoms with E-state index in [0.717, 1.165) is 32.0 Å². The molecular formula is C40H38N2O6S3. The van der Waals surface area contributed by atoms with Crippen molar-refractivity contribution in [1.82, 2.24) is 8.61 Å². The number of hydrogen-bond acceptors (Lipinski definition) is 8.